The lowest BCUT2D eigenvalue weighted by Gasteiger charge is -2.26. The average molecular weight is 310 g/mol. The van der Waals surface area contributed by atoms with E-state index in [1.807, 2.05) is 31.2 Å². The van der Waals surface area contributed by atoms with Gasteiger partial charge in [-0.15, -0.1) is 18.3 Å². The Morgan fingerprint density at radius 2 is 1.62 bits per heavy atom. The lowest BCUT2D eigenvalue weighted by Crippen LogP contribution is -2.33. The molecular formula is C17H24ClNO2. The van der Waals surface area contributed by atoms with E-state index in [4.69, 9.17) is 9.47 Å². The topological polar surface area (TPSA) is 21.7 Å². The first-order valence-electron chi connectivity index (χ1n) is 7.36. The molecule has 0 atom stereocenters. The molecule has 0 bridgehead atoms. The summed E-state index contributed by atoms with van der Waals surface area (Å²) in [5.41, 5.74) is 0. The average Bonchev–Trinajstić information content (AvgIpc) is 2.50. The van der Waals surface area contributed by atoms with E-state index < -0.39 is 0 Å². The summed E-state index contributed by atoms with van der Waals surface area (Å²) in [6, 6.07) is 7.75. The van der Waals surface area contributed by atoms with Gasteiger partial charge in [-0.3, -0.25) is 4.90 Å². The predicted octanol–water partition coefficient (Wildman–Crippen LogP) is 3.38. The van der Waals surface area contributed by atoms with Gasteiger partial charge < -0.3 is 9.47 Å². The van der Waals surface area contributed by atoms with Crippen LogP contribution in [0.5, 0.6) is 11.5 Å². The summed E-state index contributed by atoms with van der Waals surface area (Å²) in [5, 5.41) is 0. The van der Waals surface area contributed by atoms with Gasteiger partial charge in [-0.05, 0) is 57.1 Å². The van der Waals surface area contributed by atoms with Gasteiger partial charge in [0, 0.05) is 6.54 Å². The number of halogens is 1. The van der Waals surface area contributed by atoms with E-state index in [0.717, 1.165) is 24.7 Å². The standard InChI is InChI=1S/C17H23NO2.ClH/c1-2-3-14-19-16-7-9-17(10-8-16)20-15-13-18-11-5-4-6-12-18;/h7-10H,4-6,11-15H2,1H3;1H. The van der Waals surface area contributed by atoms with Gasteiger partial charge in [0.15, 0.2) is 0 Å². The number of likely N-dealkylation sites (tertiary alicyclic amines) is 1. The lowest BCUT2D eigenvalue weighted by atomic mass is 10.1. The minimum atomic E-state index is 0. The smallest absolute Gasteiger partial charge is 0.149 e. The molecular weight excluding hydrogens is 286 g/mol. The highest BCUT2D eigenvalue weighted by Crippen LogP contribution is 2.17. The quantitative estimate of drug-likeness (QED) is 0.752. The third-order valence-corrected chi connectivity index (χ3v) is 3.44. The van der Waals surface area contributed by atoms with Crippen LogP contribution in [0.25, 0.3) is 0 Å². The number of piperidine rings is 1. The van der Waals surface area contributed by atoms with Crippen LogP contribution in [0.3, 0.4) is 0 Å². The molecule has 0 N–H and O–H groups in total. The van der Waals surface area contributed by atoms with Crippen molar-refractivity contribution in [2.24, 2.45) is 0 Å². The van der Waals surface area contributed by atoms with Crippen LogP contribution < -0.4 is 9.47 Å². The molecule has 0 saturated carbocycles. The van der Waals surface area contributed by atoms with Crippen molar-refractivity contribution in [1.82, 2.24) is 4.90 Å². The normalized spacial score (nSPS) is 14.5. The van der Waals surface area contributed by atoms with Crippen molar-refractivity contribution < 1.29 is 9.47 Å². The number of rotatable bonds is 6. The molecule has 116 valence electrons. The first-order chi connectivity index (χ1) is 9.88. The van der Waals surface area contributed by atoms with Crippen LogP contribution in [0.15, 0.2) is 24.3 Å². The summed E-state index contributed by atoms with van der Waals surface area (Å²) in [4.78, 5) is 2.48. The third kappa shape index (κ3) is 6.75. The second-order valence-corrected chi connectivity index (χ2v) is 4.94. The molecule has 4 heteroatoms. The van der Waals surface area contributed by atoms with E-state index in [1.54, 1.807) is 0 Å². The zero-order valence-electron chi connectivity index (χ0n) is 12.6. The number of hydrogen-bond donors (Lipinski definition) is 0. The molecule has 0 aromatic heterocycles. The molecule has 0 amide bonds. The number of ether oxygens (including phenoxy) is 2. The summed E-state index contributed by atoms with van der Waals surface area (Å²) in [7, 11) is 0. The Labute approximate surface area is 134 Å². The maximum Gasteiger partial charge on any atom is 0.149 e. The van der Waals surface area contributed by atoms with E-state index in [1.165, 1.54) is 32.4 Å². The maximum atomic E-state index is 5.76. The van der Waals surface area contributed by atoms with Gasteiger partial charge in [-0.1, -0.05) is 12.3 Å². The van der Waals surface area contributed by atoms with Crippen LogP contribution in [0.2, 0.25) is 0 Å². The van der Waals surface area contributed by atoms with Gasteiger partial charge in [-0.2, -0.15) is 0 Å². The summed E-state index contributed by atoms with van der Waals surface area (Å²) in [5.74, 6) is 7.41. The Morgan fingerprint density at radius 3 is 2.24 bits per heavy atom. The Hall–Kier alpha value is -1.37. The number of benzene rings is 1. The van der Waals surface area contributed by atoms with Crippen molar-refractivity contribution >= 4 is 12.4 Å². The molecule has 1 saturated heterocycles. The fourth-order valence-electron chi connectivity index (χ4n) is 2.30. The van der Waals surface area contributed by atoms with Crippen LogP contribution >= 0.6 is 12.4 Å². The Balaban J connectivity index is 0.00000220. The molecule has 0 spiro atoms. The summed E-state index contributed by atoms with van der Waals surface area (Å²) in [6.45, 7) is 6.45. The number of nitrogens with zero attached hydrogens (tertiary/aromatic N) is 1. The molecule has 1 aliphatic heterocycles. The molecule has 21 heavy (non-hydrogen) atoms. The lowest BCUT2D eigenvalue weighted by molar-refractivity contribution is 0.183. The van der Waals surface area contributed by atoms with Crippen molar-refractivity contribution in [3.8, 4) is 23.3 Å². The van der Waals surface area contributed by atoms with Gasteiger partial charge >= 0.3 is 0 Å². The van der Waals surface area contributed by atoms with Crippen molar-refractivity contribution in [2.75, 3.05) is 32.8 Å². The summed E-state index contributed by atoms with van der Waals surface area (Å²) in [6.07, 6.45) is 4.03. The fourth-order valence-corrected chi connectivity index (χ4v) is 2.30. The third-order valence-electron chi connectivity index (χ3n) is 3.44. The minimum Gasteiger partial charge on any atom is -0.492 e. The summed E-state index contributed by atoms with van der Waals surface area (Å²) >= 11 is 0. The van der Waals surface area contributed by atoms with E-state index in [-0.39, 0.29) is 12.4 Å². The molecule has 3 nitrogen and oxygen atoms in total. The van der Waals surface area contributed by atoms with Crippen molar-refractivity contribution in [3.63, 3.8) is 0 Å². The Morgan fingerprint density at radius 1 is 1.00 bits per heavy atom. The SMILES string of the molecule is CC#CCOc1ccc(OCCN2CCCCC2)cc1.Cl. The van der Waals surface area contributed by atoms with Crippen molar-refractivity contribution in [1.29, 1.82) is 0 Å². The first kappa shape index (κ1) is 17.7. The first-order valence-corrected chi connectivity index (χ1v) is 7.36. The molecule has 1 aliphatic rings. The van der Waals surface area contributed by atoms with Gasteiger partial charge in [-0.25, -0.2) is 0 Å². The van der Waals surface area contributed by atoms with E-state index in [0.29, 0.717) is 6.61 Å². The molecule has 1 aromatic carbocycles. The van der Waals surface area contributed by atoms with E-state index >= 15 is 0 Å². The molecule has 0 unspecified atom stereocenters. The summed E-state index contributed by atoms with van der Waals surface area (Å²) < 4.78 is 11.2. The van der Waals surface area contributed by atoms with Crippen LogP contribution in [0, 0.1) is 11.8 Å². The monoisotopic (exact) mass is 309 g/mol. The molecule has 1 fully saturated rings. The maximum absolute atomic E-state index is 5.76. The zero-order valence-corrected chi connectivity index (χ0v) is 13.5. The van der Waals surface area contributed by atoms with Crippen LogP contribution in [-0.2, 0) is 0 Å². The Bertz CT molecular complexity index is 444. The second kappa shape index (κ2) is 10.4. The second-order valence-electron chi connectivity index (χ2n) is 4.94. The van der Waals surface area contributed by atoms with E-state index in [2.05, 4.69) is 16.7 Å². The van der Waals surface area contributed by atoms with E-state index in [9.17, 15) is 0 Å². The van der Waals surface area contributed by atoms with Crippen molar-refractivity contribution in [2.45, 2.75) is 26.2 Å². The van der Waals surface area contributed by atoms with Crippen LogP contribution in [-0.4, -0.2) is 37.7 Å². The highest BCUT2D eigenvalue weighted by Gasteiger charge is 2.09. The van der Waals surface area contributed by atoms with Crippen LogP contribution in [0.4, 0.5) is 0 Å². The fraction of sp³-hybridized carbons (Fsp3) is 0.529. The highest BCUT2D eigenvalue weighted by atomic mass is 35.5. The zero-order chi connectivity index (χ0) is 14.0. The van der Waals surface area contributed by atoms with Crippen LogP contribution in [0.1, 0.15) is 26.2 Å². The molecule has 2 rings (SSSR count). The minimum absolute atomic E-state index is 0. The number of hydrogen-bond acceptors (Lipinski definition) is 3. The predicted molar refractivity (Wildman–Crippen MR) is 88.4 cm³/mol. The molecule has 0 radical (unpaired) electrons. The van der Waals surface area contributed by atoms with Gasteiger partial charge in [0.05, 0.1) is 0 Å². The van der Waals surface area contributed by atoms with Gasteiger partial charge in [0.2, 0.25) is 0 Å². The Kier molecular flexibility index (Phi) is 8.73. The van der Waals surface area contributed by atoms with Gasteiger partial charge in [0.1, 0.15) is 24.7 Å². The van der Waals surface area contributed by atoms with Gasteiger partial charge in [0.25, 0.3) is 0 Å². The molecule has 1 heterocycles. The van der Waals surface area contributed by atoms with Crippen molar-refractivity contribution in [3.05, 3.63) is 24.3 Å². The molecule has 0 aliphatic carbocycles. The largest absolute Gasteiger partial charge is 0.492 e. The highest BCUT2D eigenvalue weighted by molar-refractivity contribution is 5.85. The molecule has 1 aromatic rings.